The van der Waals surface area contributed by atoms with Gasteiger partial charge in [-0.15, -0.1) is 5.10 Å². The number of amides is 2. The van der Waals surface area contributed by atoms with Crippen LogP contribution in [0.15, 0.2) is 42.5 Å². The summed E-state index contributed by atoms with van der Waals surface area (Å²) >= 11 is 12.0. The molecular weight excluding hydrogens is 401 g/mol. The Hall–Kier alpha value is -2.90. The van der Waals surface area contributed by atoms with E-state index in [2.05, 4.69) is 20.9 Å². The smallest absolute Gasteiger partial charge is 0.278 e. The molecule has 1 heterocycles. The van der Waals surface area contributed by atoms with Crippen LogP contribution in [0, 0.1) is 6.92 Å². The second-order valence-corrected chi connectivity index (χ2v) is 6.86. The SMILES string of the molecule is CNC(=O)c1cccc(NC(=O)c2nnn(Cc3ccc(Cl)c(Cl)c3)c2C)c1. The first-order chi connectivity index (χ1) is 13.4. The molecule has 0 spiro atoms. The van der Waals surface area contributed by atoms with Gasteiger partial charge in [-0.05, 0) is 42.8 Å². The Balaban J connectivity index is 1.76. The Morgan fingerprint density at radius 3 is 2.57 bits per heavy atom. The minimum atomic E-state index is -0.410. The van der Waals surface area contributed by atoms with Crippen molar-refractivity contribution in [1.82, 2.24) is 20.3 Å². The van der Waals surface area contributed by atoms with Crippen LogP contribution >= 0.6 is 23.2 Å². The largest absolute Gasteiger partial charge is 0.355 e. The van der Waals surface area contributed by atoms with Gasteiger partial charge in [0.1, 0.15) is 0 Å². The van der Waals surface area contributed by atoms with E-state index in [0.717, 1.165) is 5.56 Å². The summed E-state index contributed by atoms with van der Waals surface area (Å²) in [6, 6.07) is 11.9. The molecule has 0 atom stereocenters. The monoisotopic (exact) mass is 417 g/mol. The van der Waals surface area contributed by atoms with E-state index < -0.39 is 5.91 Å². The third kappa shape index (κ3) is 4.32. The fourth-order valence-corrected chi connectivity index (χ4v) is 2.92. The molecule has 7 nitrogen and oxygen atoms in total. The number of hydrogen-bond donors (Lipinski definition) is 2. The lowest BCUT2D eigenvalue weighted by Gasteiger charge is -2.07. The molecule has 3 rings (SSSR count). The molecule has 0 saturated carbocycles. The van der Waals surface area contributed by atoms with Crippen molar-refractivity contribution in [2.24, 2.45) is 0 Å². The summed E-state index contributed by atoms with van der Waals surface area (Å²) in [5, 5.41) is 14.2. The fourth-order valence-electron chi connectivity index (χ4n) is 2.60. The number of rotatable bonds is 5. The zero-order chi connectivity index (χ0) is 20.3. The highest BCUT2D eigenvalue weighted by molar-refractivity contribution is 6.42. The van der Waals surface area contributed by atoms with Crippen molar-refractivity contribution in [2.45, 2.75) is 13.5 Å². The number of nitrogens with zero attached hydrogens (tertiary/aromatic N) is 3. The fraction of sp³-hybridized carbons (Fsp3) is 0.158. The minimum absolute atomic E-state index is 0.199. The molecule has 9 heteroatoms. The molecule has 28 heavy (non-hydrogen) atoms. The molecule has 0 bridgehead atoms. The normalized spacial score (nSPS) is 10.6. The predicted octanol–water partition coefficient (Wildman–Crippen LogP) is 3.55. The van der Waals surface area contributed by atoms with Gasteiger partial charge in [-0.25, -0.2) is 4.68 Å². The quantitative estimate of drug-likeness (QED) is 0.663. The Morgan fingerprint density at radius 1 is 1.07 bits per heavy atom. The number of anilines is 1. The highest BCUT2D eigenvalue weighted by atomic mass is 35.5. The van der Waals surface area contributed by atoms with Crippen LogP contribution in [0.25, 0.3) is 0 Å². The van der Waals surface area contributed by atoms with Crippen LogP contribution in [-0.2, 0) is 6.54 Å². The van der Waals surface area contributed by atoms with E-state index in [-0.39, 0.29) is 11.6 Å². The third-order valence-corrected chi connectivity index (χ3v) is 4.86. The molecular formula is C19H17Cl2N5O2. The van der Waals surface area contributed by atoms with Gasteiger partial charge < -0.3 is 10.6 Å². The van der Waals surface area contributed by atoms with Gasteiger partial charge in [-0.3, -0.25) is 9.59 Å². The van der Waals surface area contributed by atoms with E-state index in [4.69, 9.17) is 23.2 Å². The lowest BCUT2D eigenvalue weighted by Crippen LogP contribution is -2.19. The Kier molecular flexibility index (Phi) is 5.96. The first-order valence-electron chi connectivity index (χ1n) is 8.36. The minimum Gasteiger partial charge on any atom is -0.355 e. The third-order valence-electron chi connectivity index (χ3n) is 4.12. The number of carbonyl (C=O) groups excluding carboxylic acids is 2. The number of nitrogens with one attached hydrogen (secondary N) is 2. The van der Waals surface area contributed by atoms with Gasteiger partial charge in [0.05, 0.1) is 22.3 Å². The van der Waals surface area contributed by atoms with E-state index >= 15 is 0 Å². The molecule has 0 unspecified atom stereocenters. The lowest BCUT2D eigenvalue weighted by molar-refractivity contribution is 0.0961. The first-order valence-corrected chi connectivity index (χ1v) is 9.12. The lowest BCUT2D eigenvalue weighted by atomic mass is 10.2. The van der Waals surface area contributed by atoms with Gasteiger partial charge in [0.15, 0.2) is 5.69 Å². The number of hydrogen-bond acceptors (Lipinski definition) is 4. The maximum Gasteiger partial charge on any atom is 0.278 e. The van der Waals surface area contributed by atoms with Crippen molar-refractivity contribution in [3.63, 3.8) is 0 Å². The van der Waals surface area contributed by atoms with Gasteiger partial charge in [0, 0.05) is 18.3 Å². The van der Waals surface area contributed by atoms with Crippen LogP contribution in [0.5, 0.6) is 0 Å². The maximum atomic E-state index is 12.6. The molecule has 2 aromatic carbocycles. The number of benzene rings is 2. The van der Waals surface area contributed by atoms with Crippen LogP contribution in [0.4, 0.5) is 5.69 Å². The van der Waals surface area contributed by atoms with E-state index in [1.807, 2.05) is 6.07 Å². The second-order valence-electron chi connectivity index (χ2n) is 6.04. The molecule has 0 saturated heterocycles. The zero-order valence-electron chi connectivity index (χ0n) is 15.2. The summed E-state index contributed by atoms with van der Waals surface area (Å²) < 4.78 is 1.61. The van der Waals surface area contributed by atoms with Crippen molar-refractivity contribution >= 4 is 40.7 Å². The topological polar surface area (TPSA) is 88.9 Å². The first kappa shape index (κ1) is 19.9. The summed E-state index contributed by atoms with van der Waals surface area (Å²) in [6.07, 6.45) is 0. The Morgan fingerprint density at radius 2 is 1.86 bits per heavy atom. The van der Waals surface area contributed by atoms with Gasteiger partial charge in [-0.2, -0.15) is 0 Å². The average Bonchev–Trinajstić information content (AvgIpc) is 3.04. The molecule has 0 aliphatic heterocycles. The molecule has 0 radical (unpaired) electrons. The van der Waals surface area contributed by atoms with Gasteiger partial charge in [-0.1, -0.05) is 40.5 Å². The number of halogens is 2. The van der Waals surface area contributed by atoms with Crippen LogP contribution in [-0.4, -0.2) is 33.9 Å². The van der Waals surface area contributed by atoms with E-state index in [1.165, 1.54) is 0 Å². The highest BCUT2D eigenvalue weighted by Crippen LogP contribution is 2.23. The average molecular weight is 418 g/mol. The summed E-state index contributed by atoms with van der Waals surface area (Å²) in [5.74, 6) is -0.646. The summed E-state index contributed by atoms with van der Waals surface area (Å²) in [7, 11) is 1.54. The molecule has 3 aromatic rings. The Labute approximate surface area is 171 Å². The molecule has 2 N–H and O–H groups in total. The summed E-state index contributed by atoms with van der Waals surface area (Å²) in [5.41, 5.74) is 2.62. The second kappa shape index (κ2) is 8.41. The zero-order valence-corrected chi connectivity index (χ0v) is 16.7. The van der Waals surface area contributed by atoms with Crippen molar-refractivity contribution in [3.05, 3.63) is 75.0 Å². The highest BCUT2D eigenvalue weighted by Gasteiger charge is 2.17. The van der Waals surface area contributed by atoms with Gasteiger partial charge >= 0.3 is 0 Å². The molecule has 0 aliphatic rings. The van der Waals surface area contributed by atoms with E-state index in [0.29, 0.717) is 33.5 Å². The van der Waals surface area contributed by atoms with Crippen LogP contribution in [0.2, 0.25) is 10.0 Å². The van der Waals surface area contributed by atoms with Gasteiger partial charge in [0.25, 0.3) is 11.8 Å². The number of carbonyl (C=O) groups is 2. The molecule has 2 amide bonds. The molecule has 0 fully saturated rings. The molecule has 0 aliphatic carbocycles. The van der Waals surface area contributed by atoms with Crippen molar-refractivity contribution in [1.29, 1.82) is 0 Å². The van der Waals surface area contributed by atoms with Crippen molar-refractivity contribution < 1.29 is 9.59 Å². The molecule has 1 aromatic heterocycles. The van der Waals surface area contributed by atoms with E-state index in [1.54, 1.807) is 55.1 Å². The predicted molar refractivity (Wildman–Crippen MR) is 108 cm³/mol. The van der Waals surface area contributed by atoms with Crippen molar-refractivity contribution in [2.75, 3.05) is 12.4 Å². The van der Waals surface area contributed by atoms with Crippen LogP contribution in [0.1, 0.15) is 32.1 Å². The summed E-state index contributed by atoms with van der Waals surface area (Å²) in [4.78, 5) is 24.3. The van der Waals surface area contributed by atoms with Crippen LogP contribution in [0.3, 0.4) is 0 Å². The standard InChI is InChI=1S/C19H17Cl2N5O2/c1-11-17(19(28)23-14-5-3-4-13(9-14)18(27)22-2)24-25-26(11)10-12-6-7-15(20)16(21)8-12/h3-9H,10H2,1-2H3,(H,22,27)(H,23,28). The number of aromatic nitrogens is 3. The van der Waals surface area contributed by atoms with Crippen LogP contribution < -0.4 is 10.6 Å². The maximum absolute atomic E-state index is 12.6. The Bertz CT molecular complexity index is 1050. The van der Waals surface area contributed by atoms with E-state index in [9.17, 15) is 9.59 Å². The van der Waals surface area contributed by atoms with Gasteiger partial charge in [0.2, 0.25) is 0 Å². The molecule has 144 valence electrons. The summed E-state index contributed by atoms with van der Waals surface area (Å²) in [6.45, 7) is 2.16. The van der Waals surface area contributed by atoms with Crippen molar-refractivity contribution in [3.8, 4) is 0 Å².